The van der Waals surface area contributed by atoms with Crippen molar-refractivity contribution < 1.29 is 4.79 Å². The number of carbonyl (C=O) groups excluding carboxylic acids is 1. The Balaban J connectivity index is 1.63. The molecule has 0 aromatic rings. The highest BCUT2D eigenvalue weighted by Gasteiger charge is 2.24. The number of amides is 1. The first-order valence-corrected chi connectivity index (χ1v) is 8.44. The minimum absolute atomic E-state index is 0.263. The highest BCUT2D eigenvalue weighted by atomic mass is 16.1. The molecular formula is C16H31N3O. The van der Waals surface area contributed by atoms with Gasteiger partial charge in [0, 0.05) is 31.6 Å². The zero-order valence-electron chi connectivity index (χ0n) is 12.9. The number of nitrogens with one attached hydrogen (secondary N) is 1. The summed E-state index contributed by atoms with van der Waals surface area (Å²) in [7, 11) is 0. The van der Waals surface area contributed by atoms with E-state index in [1.54, 1.807) is 0 Å². The number of carbonyl (C=O) groups is 1. The van der Waals surface area contributed by atoms with Gasteiger partial charge >= 0.3 is 0 Å². The summed E-state index contributed by atoms with van der Waals surface area (Å²) in [5.74, 6) is 0.828. The molecule has 20 heavy (non-hydrogen) atoms. The zero-order chi connectivity index (χ0) is 14.4. The van der Waals surface area contributed by atoms with E-state index in [9.17, 15) is 4.79 Å². The number of nitrogens with zero attached hydrogens (tertiary/aromatic N) is 1. The number of piperidine rings is 1. The van der Waals surface area contributed by atoms with E-state index in [4.69, 9.17) is 5.73 Å². The van der Waals surface area contributed by atoms with Crippen molar-refractivity contribution in [2.24, 2.45) is 11.7 Å². The molecule has 1 saturated heterocycles. The van der Waals surface area contributed by atoms with Gasteiger partial charge in [-0.1, -0.05) is 6.92 Å². The lowest BCUT2D eigenvalue weighted by Gasteiger charge is -2.32. The van der Waals surface area contributed by atoms with Crippen molar-refractivity contribution in [2.45, 2.75) is 70.4 Å². The minimum atomic E-state index is 0.263. The summed E-state index contributed by atoms with van der Waals surface area (Å²) in [6.45, 7) is 5.70. The third kappa shape index (κ3) is 5.06. The average molecular weight is 281 g/mol. The Labute approximate surface area is 123 Å². The van der Waals surface area contributed by atoms with Crippen LogP contribution in [-0.4, -0.2) is 42.5 Å². The minimum Gasteiger partial charge on any atom is -0.353 e. The van der Waals surface area contributed by atoms with Gasteiger partial charge in [-0.15, -0.1) is 0 Å². The Morgan fingerprint density at radius 3 is 2.40 bits per heavy atom. The Morgan fingerprint density at radius 1 is 1.15 bits per heavy atom. The summed E-state index contributed by atoms with van der Waals surface area (Å²) in [5, 5.41) is 3.24. The first-order valence-electron chi connectivity index (χ1n) is 8.44. The van der Waals surface area contributed by atoms with Crippen molar-refractivity contribution in [3.05, 3.63) is 0 Å². The van der Waals surface area contributed by atoms with E-state index in [1.165, 1.54) is 13.0 Å². The molecule has 4 nitrogen and oxygen atoms in total. The predicted octanol–water partition coefficient (Wildman–Crippen LogP) is 1.88. The number of hydrogen-bond acceptors (Lipinski definition) is 3. The van der Waals surface area contributed by atoms with E-state index < -0.39 is 0 Å². The fraction of sp³-hybridized carbons (Fsp3) is 0.938. The van der Waals surface area contributed by atoms with Crippen LogP contribution in [0.4, 0.5) is 0 Å². The predicted molar refractivity (Wildman–Crippen MR) is 82.4 cm³/mol. The van der Waals surface area contributed by atoms with Crippen molar-refractivity contribution in [3.8, 4) is 0 Å². The maximum atomic E-state index is 12.1. The van der Waals surface area contributed by atoms with Crippen LogP contribution in [0.2, 0.25) is 0 Å². The van der Waals surface area contributed by atoms with Crippen LogP contribution in [0.1, 0.15) is 58.3 Å². The second-order valence-corrected chi connectivity index (χ2v) is 6.67. The van der Waals surface area contributed by atoms with Gasteiger partial charge in [-0.25, -0.2) is 0 Å². The summed E-state index contributed by atoms with van der Waals surface area (Å²) in [4.78, 5) is 14.6. The molecule has 0 bridgehead atoms. The van der Waals surface area contributed by atoms with E-state index in [2.05, 4.69) is 17.1 Å². The summed E-state index contributed by atoms with van der Waals surface area (Å²) in [5.41, 5.74) is 5.91. The molecule has 1 saturated carbocycles. The maximum absolute atomic E-state index is 12.1. The SMILES string of the molecule is CCCN1CCC(NC(=O)CC2CCC(N)CC2)CC1. The van der Waals surface area contributed by atoms with Gasteiger partial charge in [-0.2, -0.15) is 0 Å². The number of hydrogen-bond donors (Lipinski definition) is 2. The second kappa shape index (κ2) is 7.99. The molecule has 1 heterocycles. The van der Waals surface area contributed by atoms with Crippen molar-refractivity contribution in [1.29, 1.82) is 0 Å². The van der Waals surface area contributed by atoms with Gasteiger partial charge in [0.05, 0.1) is 0 Å². The van der Waals surface area contributed by atoms with Crippen LogP contribution in [0.25, 0.3) is 0 Å². The van der Waals surface area contributed by atoms with Crippen LogP contribution >= 0.6 is 0 Å². The highest BCUT2D eigenvalue weighted by molar-refractivity contribution is 5.76. The second-order valence-electron chi connectivity index (χ2n) is 6.67. The molecule has 3 N–H and O–H groups in total. The van der Waals surface area contributed by atoms with Crippen LogP contribution in [0.3, 0.4) is 0 Å². The third-order valence-electron chi connectivity index (χ3n) is 4.86. The van der Waals surface area contributed by atoms with Crippen LogP contribution in [-0.2, 0) is 4.79 Å². The molecule has 1 aliphatic heterocycles. The van der Waals surface area contributed by atoms with Crippen LogP contribution in [0, 0.1) is 5.92 Å². The molecular weight excluding hydrogens is 250 g/mol. The van der Waals surface area contributed by atoms with E-state index in [0.717, 1.165) is 51.6 Å². The zero-order valence-corrected chi connectivity index (χ0v) is 12.9. The molecule has 0 spiro atoms. The molecule has 0 aromatic heterocycles. The first kappa shape index (κ1) is 15.8. The van der Waals surface area contributed by atoms with E-state index in [-0.39, 0.29) is 5.91 Å². The fourth-order valence-corrected chi connectivity index (χ4v) is 3.56. The Bertz CT molecular complexity index is 292. The number of rotatable bonds is 5. The van der Waals surface area contributed by atoms with Crippen molar-refractivity contribution in [1.82, 2.24) is 10.2 Å². The monoisotopic (exact) mass is 281 g/mol. The lowest BCUT2D eigenvalue weighted by Crippen LogP contribution is -2.45. The Hall–Kier alpha value is -0.610. The van der Waals surface area contributed by atoms with Crippen molar-refractivity contribution >= 4 is 5.91 Å². The Morgan fingerprint density at radius 2 is 1.80 bits per heavy atom. The molecule has 0 unspecified atom stereocenters. The van der Waals surface area contributed by atoms with Gasteiger partial charge in [0.25, 0.3) is 0 Å². The van der Waals surface area contributed by atoms with Gasteiger partial charge in [0.15, 0.2) is 0 Å². The normalized spacial score (nSPS) is 29.3. The lowest BCUT2D eigenvalue weighted by molar-refractivity contribution is -0.123. The summed E-state index contributed by atoms with van der Waals surface area (Å²) in [6.07, 6.45) is 8.60. The third-order valence-corrected chi connectivity index (χ3v) is 4.86. The number of likely N-dealkylation sites (tertiary alicyclic amines) is 1. The standard InChI is InChI=1S/C16H31N3O/c1-2-9-19-10-7-15(8-11-19)18-16(20)12-13-3-5-14(17)6-4-13/h13-15H,2-12,17H2,1H3,(H,18,20). The summed E-state index contributed by atoms with van der Waals surface area (Å²) in [6, 6.07) is 0.777. The molecule has 2 rings (SSSR count). The van der Waals surface area contributed by atoms with E-state index in [0.29, 0.717) is 24.4 Å². The quantitative estimate of drug-likeness (QED) is 0.809. The summed E-state index contributed by atoms with van der Waals surface area (Å²) >= 11 is 0. The first-order chi connectivity index (χ1) is 9.67. The van der Waals surface area contributed by atoms with Gasteiger partial charge in [-0.3, -0.25) is 4.79 Å². The molecule has 1 aliphatic carbocycles. The molecule has 0 atom stereocenters. The maximum Gasteiger partial charge on any atom is 0.220 e. The Kier molecular flexibility index (Phi) is 6.30. The smallest absolute Gasteiger partial charge is 0.220 e. The van der Waals surface area contributed by atoms with Gasteiger partial charge in [0.1, 0.15) is 0 Å². The fourth-order valence-electron chi connectivity index (χ4n) is 3.56. The van der Waals surface area contributed by atoms with Crippen molar-refractivity contribution in [2.75, 3.05) is 19.6 Å². The number of nitrogens with two attached hydrogens (primary N) is 1. The molecule has 0 aromatic carbocycles. The van der Waals surface area contributed by atoms with Gasteiger partial charge in [0.2, 0.25) is 5.91 Å². The topological polar surface area (TPSA) is 58.4 Å². The summed E-state index contributed by atoms with van der Waals surface area (Å²) < 4.78 is 0. The van der Waals surface area contributed by atoms with Crippen molar-refractivity contribution in [3.63, 3.8) is 0 Å². The van der Waals surface area contributed by atoms with Gasteiger partial charge < -0.3 is 16.0 Å². The largest absolute Gasteiger partial charge is 0.353 e. The molecule has 116 valence electrons. The van der Waals surface area contributed by atoms with Gasteiger partial charge in [-0.05, 0) is 57.4 Å². The molecule has 2 fully saturated rings. The molecule has 4 heteroatoms. The molecule has 1 amide bonds. The average Bonchev–Trinajstić information content (AvgIpc) is 2.44. The lowest BCUT2D eigenvalue weighted by atomic mass is 9.84. The van der Waals surface area contributed by atoms with Crippen LogP contribution in [0.5, 0.6) is 0 Å². The van der Waals surface area contributed by atoms with E-state index >= 15 is 0 Å². The van der Waals surface area contributed by atoms with Crippen LogP contribution < -0.4 is 11.1 Å². The molecule has 0 radical (unpaired) electrons. The highest BCUT2D eigenvalue weighted by Crippen LogP contribution is 2.25. The molecule has 2 aliphatic rings. The van der Waals surface area contributed by atoms with E-state index in [1.807, 2.05) is 0 Å². The van der Waals surface area contributed by atoms with Crippen LogP contribution in [0.15, 0.2) is 0 Å².